The van der Waals surface area contributed by atoms with E-state index in [1.807, 2.05) is 0 Å². The number of hydrogen-bond acceptors (Lipinski definition) is 3. The molecule has 1 saturated carbocycles. The molecule has 1 N–H and O–H groups in total. The number of carbonyl (C=O) groups is 1. The average Bonchev–Trinajstić information content (AvgIpc) is 3.19. The lowest BCUT2D eigenvalue weighted by atomic mass is 9.90. The second-order valence-corrected chi connectivity index (χ2v) is 7.13. The van der Waals surface area contributed by atoms with Gasteiger partial charge in [0, 0.05) is 32.2 Å². The molecule has 3 rings (SSSR count). The average molecular weight is 293 g/mol. The van der Waals surface area contributed by atoms with Crippen LogP contribution in [0, 0.1) is 0 Å². The largest absolute Gasteiger partial charge is 0.339 e. The van der Waals surface area contributed by atoms with Gasteiger partial charge < -0.3 is 10.2 Å². The van der Waals surface area contributed by atoms with E-state index in [1.165, 1.54) is 25.7 Å². The van der Waals surface area contributed by atoms with Crippen molar-refractivity contribution in [3.05, 3.63) is 0 Å². The van der Waals surface area contributed by atoms with E-state index in [4.69, 9.17) is 0 Å². The highest BCUT2D eigenvalue weighted by Gasteiger charge is 2.43. The van der Waals surface area contributed by atoms with Gasteiger partial charge in [-0.25, -0.2) is 0 Å². The Morgan fingerprint density at radius 2 is 1.86 bits per heavy atom. The van der Waals surface area contributed by atoms with Gasteiger partial charge in [0.05, 0.1) is 5.54 Å². The number of piperazine rings is 1. The molecule has 0 radical (unpaired) electrons. The van der Waals surface area contributed by atoms with E-state index in [1.54, 1.807) is 0 Å². The second-order valence-electron chi connectivity index (χ2n) is 7.13. The van der Waals surface area contributed by atoms with Crippen molar-refractivity contribution < 1.29 is 4.79 Å². The lowest BCUT2D eigenvalue weighted by molar-refractivity contribution is -0.140. The van der Waals surface area contributed by atoms with Crippen LogP contribution < -0.4 is 5.32 Å². The Morgan fingerprint density at radius 3 is 2.43 bits per heavy atom. The van der Waals surface area contributed by atoms with Gasteiger partial charge in [0.2, 0.25) is 5.91 Å². The van der Waals surface area contributed by atoms with Crippen molar-refractivity contribution in [1.29, 1.82) is 0 Å². The molecule has 3 aliphatic rings. The number of hydrogen-bond donors (Lipinski definition) is 1. The molecule has 2 heterocycles. The van der Waals surface area contributed by atoms with Gasteiger partial charge in [0.15, 0.2) is 0 Å². The predicted octanol–water partition coefficient (Wildman–Crippen LogP) is 2.00. The smallest absolute Gasteiger partial charge is 0.242 e. The van der Waals surface area contributed by atoms with Crippen LogP contribution in [0.4, 0.5) is 0 Å². The van der Waals surface area contributed by atoms with Crippen molar-refractivity contribution >= 4 is 5.91 Å². The summed E-state index contributed by atoms with van der Waals surface area (Å²) in [6.07, 6.45) is 9.79. The first-order valence-electron chi connectivity index (χ1n) is 9.04. The van der Waals surface area contributed by atoms with Gasteiger partial charge in [-0.2, -0.15) is 0 Å². The third-order valence-electron chi connectivity index (χ3n) is 5.77. The topological polar surface area (TPSA) is 35.6 Å². The minimum Gasteiger partial charge on any atom is -0.339 e. The maximum atomic E-state index is 13.0. The number of rotatable bonds is 4. The molecular formula is C17H31N3O. The van der Waals surface area contributed by atoms with E-state index in [2.05, 4.69) is 22.0 Å². The van der Waals surface area contributed by atoms with Gasteiger partial charge in [-0.3, -0.25) is 9.69 Å². The van der Waals surface area contributed by atoms with Crippen LogP contribution in [-0.2, 0) is 4.79 Å². The molecule has 0 bridgehead atoms. The highest BCUT2D eigenvalue weighted by atomic mass is 16.2. The summed E-state index contributed by atoms with van der Waals surface area (Å²) in [6.45, 7) is 7.23. The van der Waals surface area contributed by atoms with Crippen LogP contribution in [0.1, 0.15) is 58.3 Å². The van der Waals surface area contributed by atoms with Crippen LogP contribution in [0.15, 0.2) is 0 Å². The molecule has 1 amide bonds. The molecule has 120 valence electrons. The van der Waals surface area contributed by atoms with E-state index in [-0.39, 0.29) is 5.54 Å². The zero-order valence-corrected chi connectivity index (χ0v) is 13.6. The fourth-order valence-corrected chi connectivity index (χ4v) is 4.60. The first-order valence-corrected chi connectivity index (χ1v) is 9.04. The normalized spacial score (nSPS) is 32.0. The third kappa shape index (κ3) is 3.11. The monoisotopic (exact) mass is 293 g/mol. The van der Waals surface area contributed by atoms with E-state index in [0.717, 1.165) is 64.4 Å². The fourth-order valence-electron chi connectivity index (χ4n) is 4.60. The Labute approximate surface area is 129 Å². The number of nitrogens with one attached hydrogen (secondary N) is 1. The lowest BCUT2D eigenvalue weighted by Crippen LogP contribution is -2.60. The molecule has 4 nitrogen and oxygen atoms in total. The van der Waals surface area contributed by atoms with Gasteiger partial charge in [-0.15, -0.1) is 0 Å². The van der Waals surface area contributed by atoms with Gasteiger partial charge in [0.1, 0.15) is 0 Å². The summed E-state index contributed by atoms with van der Waals surface area (Å²) in [7, 11) is 0. The van der Waals surface area contributed by atoms with Crippen molar-refractivity contribution in [3.8, 4) is 0 Å². The van der Waals surface area contributed by atoms with E-state index in [9.17, 15) is 4.79 Å². The summed E-state index contributed by atoms with van der Waals surface area (Å²) in [5.41, 5.74) is -0.232. The molecule has 4 heteroatoms. The molecule has 2 saturated heterocycles. The summed E-state index contributed by atoms with van der Waals surface area (Å²) in [4.78, 5) is 17.8. The molecule has 3 fully saturated rings. The maximum absolute atomic E-state index is 13.0. The van der Waals surface area contributed by atoms with Crippen molar-refractivity contribution in [2.45, 2.75) is 69.9 Å². The molecule has 21 heavy (non-hydrogen) atoms. The van der Waals surface area contributed by atoms with Gasteiger partial charge in [-0.1, -0.05) is 26.2 Å². The van der Waals surface area contributed by atoms with E-state index < -0.39 is 0 Å². The van der Waals surface area contributed by atoms with Crippen LogP contribution in [0.5, 0.6) is 0 Å². The van der Waals surface area contributed by atoms with Gasteiger partial charge >= 0.3 is 0 Å². The fraction of sp³-hybridized carbons (Fsp3) is 0.941. The zero-order valence-electron chi connectivity index (χ0n) is 13.6. The minimum atomic E-state index is -0.232. The highest BCUT2D eigenvalue weighted by Crippen LogP contribution is 2.29. The number of carbonyl (C=O) groups excluding carboxylic acids is 1. The Bertz CT molecular complexity index is 351. The number of nitrogens with zero attached hydrogens (tertiary/aromatic N) is 2. The van der Waals surface area contributed by atoms with Crippen molar-refractivity contribution in [1.82, 2.24) is 15.1 Å². The zero-order chi connectivity index (χ0) is 14.7. The minimum absolute atomic E-state index is 0.232. The quantitative estimate of drug-likeness (QED) is 0.861. The maximum Gasteiger partial charge on any atom is 0.242 e. The standard InChI is InChI=1S/C17H31N3O/c1-2-8-17(9-5-10-18-17)16(21)20-13-11-19(12-14-20)15-6-3-4-7-15/h15,18H,2-14H2,1H3. The summed E-state index contributed by atoms with van der Waals surface area (Å²) in [6, 6.07) is 0.802. The highest BCUT2D eigenvalue weighted by molar-refractivity contribution is 5.87. The number of amides is 1. The molecule has 0 aromatic carbocycles. The Balaban J connectivity index is 1.56. The van der Waals surface area contributed by atoms with Crippen LogP contribution >= 0.6 is 0 Å². The molecule has 0 spiro atoms. The Kier molecular flexibility index (Phi) is 4.85. The first kappa shape index (κ1) is 15.3. The summed E-state index contributed by atoms with van der Waals surface area (Å²) in [5, 5.41) is 3.53. The lowest BCUT2D eigenvalue weighted by Gasteiger charge is -2.41. The molecule has 0 aromatic rings. The Morgan fingerprint density at radius 1 is 1.14 bits per heavy atom. The second kappa shape index (κ2) is 6.66. The molecule has 1 atom stereocenters. The predicted molar refractivity (Wildman–Crippen MR) is 85.3 cm³/mol. The SMILES string of the molecule is CCCC1(C(=O)N2CCN(C3CCCC3)CC2)CCCN1. The summed E-state index contributed by atoms with van der Waals surface area (Å²) in [5.74, 6) is 0.382. The summed E-state index contributed by atoms with van der Waals surface area (Å²) < 4.78 is 0. The van der Waals surface area contributed by atoms with Gasteiger partial charge in [0.25, 0.3) is 0 Å². The van der Waals surface area contributed by atoms with E-state index >= 15 is 0 Å². The molecular weight excluding hydrogens is 262 g/mol. The van der Waals surface area contributed by atoms with Crippen molar-refractivity contribution in [2.24, 2.45) is 0 Å². The third-order valence-corrected chi connectivity index (χ3v) is 5.77. The summed E-state index contributed by atoms with van der Waals surface area (Å²) >= 11 is 0. The van der Waals surface area contributed by atoms with Gasteiger partial charge in [-0.05, 0) is 38.6 Å². The van der Waals surface area contributed by atoms with E-state index in [0.29, 0.717) is 5.91 Å². The molecule has 1 unspecified atom stereocenters. The van der Waals surface area contributed by atoms with Crippen LogP contribution in [-0.4, -0.2) is 60.0 Å². The van der Waals surface area contributed by atoms with Crippen molar-refractivity contribution in [2.75, 3.05) is 32.7 Å². The van der Waals surface area contributed by atoms with Crippen LogP contribution in [0.25, 0.3) is 0 Å². The van der Waals surface area contributed by atoms with Crippen LogP contribution in [0.3, 0.4) is 0 Å². The first-order chi connectivity index (χ1) is 10.2. The molecule has 2 aliphatic heterocycles. The van der Waals surface area contributed by atoms with Crippen molar-refractivity contribution in [3.63, 3.8) is 0 Å². The Hall–Kier alpha value is -0.610. The molecule has 0 aromatic heterocycles. The van der Waals surface area contributed by atoms with Crippen LogP contribution in [0.2, 0.25) is 0 Å². The molecule has 1 aliphatic carbocycles.